The second kappa shape index (κ2) is 3.10. The molecule has 1 aliphatic carbocycles. The van der Waals surface area contributed by atoms with Crippen LogP contribution in [0.2, 0.25) is 0 Å². The number of nitrogens with two attached hydrogens (primary N) is 1. The summed E-state index contributed by atoms with van der Waals surface area (Å²) < 4.78 is 9.98. The van der Waals surface area contributed by atoms with Gasteiger partial charge in [-0.25, -0.2) is 4.79 Å². The molecule has 82 valence electrons. The fourth-order valence-corrected chi connectivity index (χ4v) is 1.95. The van der Waals surface area contributed by atoms with Crippen LogP contribution in [0.25, 0.3) is 0 Å². The first-order valence-electron chi connectivity index (χ1n) is 4.92. The third kappa shape index (κ3) is 1.45. The number of ether oxygens (including phenoxy) is 1. The summed E-state index contributed by atoms with van der Waals surface area (Å²) in [6.45, 7) is 4.17. The van der Waals surface area contributed by atoms with Gasteiger partial charge in [-0.2, -0.15) is 0 Å². The van der Waals surface area contributed by atoms with E-state index in [4.69, 9.17) is 10.2 Å². The average Bonchev–Trinajstić information content (AvgIpc) is 2.58. The van der Waals surface area contributed by atoms with Crippen molar-refractivity contribution in [2.24, 2.45) is 11.1 Å². The quantitative estimate of drug-likeness (QED) is 0.750. The van der Waals surface area contributed by atoms with Crippen molar-refractivity contribution in [3.8, 4) is 0 Å². The molecule has 1 heterocycles. The summed E-state index contributed by atoms with van der Waals surface area (Å²) >= 11 is 0. The van der Waals surface area contributed by atoms with E-state index in [1.165, 1.54) is 7.11 Å². The minimum atomic E-state index is -0.451. The van der Waals surface area contributed by atoms with Gasteiger partial charge in [-0.3, -0.25) is 0 Å². The molecule has 0 radical (unpaired) electrons. The van der Waals surface area contributed by atoms with E-state index in [0.29, 0.717) is 0 Å². The van der Waals surface area contributed by atoms with Crippen LogP contribution in [-0.2, 0) is 4.74 Å². The predicted molar refractivity (Wildman–Crippen MR) is 54.5 cm³/mol. The predicted octanol–water partition coefficient (Wildman–Crippen LogP) is 1.52. The third-order valence-corrected chi connectivity index (χ3v) is 3.23. The minimum absolute atomic E-state index is 0.0608. The van der Waals surface area contributed by atoms with E-state index >= 15 is 0 Å². The lowest BCUT2D eigenvalue weighted by Crippen LogP contribution is -2.06. The summed E-state index contributed by atoms with van der Waals surface area (Å²) in [5.74, 6) is 0.763. The van der Waals surface area contributed by atoms with E-state index in [-0.39, 0.29) is 23.1 Å². The van der Waals surface area contributed by atoms with E-state index in [1.54, 1.807) is 12.1 Å². The van der Waals surface area contributed by atoms with Crippen molar-refractivity contribution in [2.75, 3.05) is 7.11 Å². The Kier molecular flexibility index (Phi) is 2.12. The molecule has 1 fully saturated rings. The molecule has 15 heavy (non-hydrogen) atoms. The molecule has 0 unspecified atom stereocenters. The van der Waals surface area contributed by atoms with Crippen molar-refractivity contribution in [1.29, 1.82) is 0 Å². The summed E-state index contributed by atoms with van der Waals surface area (Å²) in [4.78, 5) is 11.2. The molecule has 4 nitrogen and oxygen atoms in total. The zero-order chi connectivity index (χ0) is 11.2. The van der Waals surface area contributed by atoms with Gasteiger partial charge in [0.2, 0.25) is 5.76 Å². The van der Waals surface area contributed by atoms with Crippen LogP contribution < -0.4 is 5.73 Å². The van der Waals surface area contributed by atoms with Gasteiger partial charge in [0.05, 0.1) is 7.11 Å². The van der Waals surface area contributed by atoms with Crippen LogP contribution in [0.5, 0.6) is 0 Å². The molecule has 4 heteroatoms. The number of carbonyl (C=O) groups is 1. The second-order valence-corrected chi connectivity index (χ2v) is 4.52. The molecule has 1 aromatic heterocycles. The topological polar surface area (TPSA) is 65.5 Å². The highest BCUT2D eigenvalue weighted by Crippen LogP contribution is 2.57. The summed E-state index contributed by atoms with van der Waals surface area (Å²) in [6, 6.07) is 3.53. The van der Waals surface area contributed by atoms with Crippen LogP contribution >= 0.6 is 0 Å². The molecule has 0 aromatic carbocycles. The zero-order valence-electron chi connectivity index (χ0n) is 9.11. The number of furan rings is 1. The third-order valence-electron chi connectivity index (χ3n) is 3.23. The van der Waals surface area contributed by atoms with E-state index in [2.05, 4.69) is 18.6 Å². The number of rotatable bonds is 2. The molecule has 2 rings (SSSR count). The van der Waals surface area contributed by atoms with Crippen molar-refractivity contribution in [3.05, 3.63) is 23.7 Å². The van der Waals surface area contributed by atoms with Crippen LogP contribution in [0.1, 0.15) is 36.1 Å². The largest absolute Gasteiger partial charge is 0.463 e. The van der Waals surface area contributed by atoms with Crippen LogP contribution in [0.3, 0.4) is 0 Å². The molecule has 0 spiro atoms. The second-order valence-electron chi connectivity index (χ2n) is 4.52. The number of esters is 1. The summed E-state index contributed by atoms with van der Waals surface area (Å²) in [5, 5.41) is 0. The van der Waals surface area contributed by atoms with Crippen LogP contribution in [0, 0.1) is 5.41 Å². The van der Waals surface area contributed by atoms with Gasteiger partial charge in [-0.05, 0) is 17.5 Å². The molecular formula is C11H15NO3. The van der Waals surface area contributed by atoms with Gasteiger partial charge >= 0.3 is 5.97 Å². The Balaban J connectivity index is 2.19. The van der Waals surface area contributed by atoms with Gasteiger partial charge in [-0.15, -0.1) is 0 Å². The Morgan fingerprint density at radius 1 is 1.53 bits per heavy atom. The fourth-order valence-electron chi connectivity index (χ4n) is 1.95. The van der Waals surface area contributed by atoms with Gasteiger partial charge in [-0.1, -0.05) is 13.8 Å². The van der Waals surface area contributed by atoms with Crippen molar-refractivity contribution >= 4 is 5.97 Å². The van der Waals surface area contributed by atoms with Crippen LogP contribution in [0.4, 0.5) is 0 Å². The highest BCUT2D eigenvalue weighted by molar-refractivity contribution is 5.86. The maximum Gasteiger partial charge on any atom is 0.373 e. The van der Waals surface area contributed by atoms with Gasteiger partial charge < -0.3 is 14.9 Å². The SMILES string of the molecule is COC(=O)c1ccc([C@@H]2[C@@H](N)C2(C)C)o1. The Morgan fingerprint density at radius 2 is 2.13 bits per heavy atom. The monoisotopic (exact) mass is 209 g/mol. The Labute approximate surface area is 88.4 Å². The summed E-state index contributed by atoms with van der Waals surface area (Å²) in [6.07, 6.45) is 0. The Morgan fingerprint density at radius 3 is 2.60 bits per heavy atom. The molecular weight excluding hydrogens is 194 g/mol. The lowest BCUT2D eigenvalue weighted by Gasteiger charge is -1.98. The zero-order valence-corrected chi connectivity index (χ0v) is 9.11. The fraction of sp³-hybridized carbons (Fsp3) is 0.545. The standard InChI is InChI=1S/C11H15NO3/c1-11(2)8(9(11)12)6-4-5-7(15-6)10(13)14-3/h4-5,8-9H,12H2,1-3H3/t8-,9-/m1/s1. The maximum absolute atomic E-state index is 11.2. The van der Waals surface area contributed by atoms with Crippen LogP contribution in [-0.4, -0.2) is 19.1 Å². The molecule has 1 aromatic rings. The molecule has 0 saturated heterocycles. The molecule has 0 aliphatic heterocycles. The van der Waals surface area contributed by atoms with E-state index < -0.39 is 5.97 Å². The molecule has 2 N–H and O–H groups in total. The van der Waals surface area contributed by atoms with Gasteiger partial charge in [0.1, 0.15) is 5.76 Å². The lowest BCUT2D eigenvalue weighted by molar-refractivity contribution is 0.0562. The van der Waals surface area contributed by atoms with Gasteiger partial charge in [0.15, 0.2) is 0 Å². The number of carbonyl (C=O) groups excluding carboxylic acids is 1. The smallest absolute Gasteiger partial charge is 0.373 e. The number of methoxy groups -OCH3 is 1. The number of hydrogen-bond donors (Lipinski definition) is 1. The first-order valence-corrected chi connectivity index (χ1v) is 4.92. The summed E-state index contributed by atoms with van der Waals surface area (Å²) in [5.41, 5.74) is 5.98. The van der Waals surface area contributed by atoms with E-state index in [0.717, 1.165) is 5.76 Å². The van der Waals surface area contributed by atoms with Crippen molar-refractivity contribution < 1.29 is 13.9 Å². The van der Waals surface area contributed by atoms with E-state index in [9.17, 15) is 4.79 Å². The lowest BCUT2D eigenvalue weighted by atomic mass is 10.1. The first-order chi connectivity index (χ1) is 6.98. The number of hydrogen-bond acceptors (Lipinski definition) is 4. The molecule has 1 aliphatic rings. The maximum atomic E-state index is 11.2. The van der Waals surface area contributed by atoms with Crippen molar-refractivity contribution in [3.63, 3.8) is 0 Å². The van der Waals surface area contributed by atoms with Crippen molar-refractivity contribution in [2.45, 2.75) is 25.8 Å². The normalized spacial score (nSPS) is 27.5. The minimum Gasteiger partial charge on any atom is -0.463 e. The Bertz CT molecular complexity index is 394. The van der Waals surface area contributed by atoms with Gasteiger partial charge in [0, 0.05) is 12.0 Å². The van der Waals surface area contributed by atoms with Crippen LogP contribution in [0.15, 0.2) is 16.5 Å². The van der Waals surface area contributed by atoms with Gasteiger partial charge in [0.25, 0.3) is 0 Å². The van der Waals surface area contributed by atoms with Crippen molar-refractivity contribution in [1.82, 2.24) is 0 Å². The average molecular weight is 209 g/mol. The van der Waals surface area contributed by atoms with E-state index in [1.807, 2.05) is 0 Å². The summed E-state index contributed by atoms with van der Waals surface area (Å²) in [7, 11) is 1.33. The molecule has 0 bridgehead atoms. The Hall–Kier alpha value is -1.29. The first kappa shape index (κ1) is 10.2. The molecule has 1 saturated carbocycles. The molecule has 2 atom stereocenters. The molecule has 0 amide bonds. The highest BCUT2D eigenvalue weighted by atomic mass is 16.5. The highest BCUT2D eigenvalue weighted by Gasteiger charge is 2.58.